The van der Waals surface area contributed by atoms with E-state index in [0.717, 1.165) is 22.2 Å². The maximum absolute atomic E-state index is 5.83. The summed E-state index contributed by atoms with van der Waals surface area (Å²) in [7, 11) is 1.63. The molecule has 0 spiro atoms. The predicted octanol–water partition coefficient (Wildman–Crippen LogP) is 3.60. The molecule has 0 saturated carbocycles. The van der Waals surface area contributed by atoms with Gasteiger partial charge in [-0.3, -0.25) is 0 Å². The Kier molecular flexibility index (Phi) is 5.24. The Morgan fingerprint density at radius 1 is 1.37 bits per heavy atom. The van der Waals surface area contributed by atoms with Crippen LogP contribution < -0.4 is 15.2 Å². The molecule has 0 bridgehead atoms. The molecule has 1 aromatic heterocycles. The summed E-state index contributed by atoms with van der Waals surface area (Å²) in [5, 5.41) is 2.07. The number of benzene rings is 1. The van der Waals surface area contributed by atoms with E-state index < -0.39 is 0 Å². The van der Waals surface area contributed by atoms with Crippen LogP contribution in [0.5, 0.6) is 11.5 Å². The fourth-order valence-electron chi connectivity index (χ4n) is 1.74. The van der Waals surface area contributed by atoms with Crippen molar-refractivity contribution in [3.63, 3.8) is 0 Å². The molecule has 0 radical (unpaired) electrons. The first-order valence-corrected chi connectivity index (χ1v) is 7.63. The van der Waals surface area contributed by atoms with Gasteiger partial charge in [-0.2, -0.15) is 0 Å². The van der Waals surface area contributed by atoms with Crippen LogP contribution in [-0.2, 0) is 13.0 Å². The molecule has 2 rings (SSSR count). The van der Waals surface area contributed by atoms with Crippen LogP contribution in [0.2, 0.25) is 0 Å². The Bertz CT molecular complexity index is 528. The molecule has 3 nitrogen and oxygen atoms in total. The van der Waals surface area contributed by atoms with E-state index in [9.17, 15) is 0 Å². The predicted molar refractivity (Wildman–Crippen MR) is 82.1 cm³/mol. The van der Waals surface area contributed by atoms with Gasteiger partial charge in [0.25, 0.3) is 0 Å². The Morgan fingerprint density at radius 2 is 2.21 bits per heavy atom. The van der Waals surface area contributed by atoms with Gasteiger partial charge in [0.1, 0.15) is 0 Å². The molecule has 0 amide bonds. The number of ether oxygens (including phenoxy) is 2. The summed E-state index contributed by atoms with van der Waals surface area (Å²) < 4.78 is 12.0. The molecule has 2 aromatic rings. The minimum atomic E-state index is 0.477. The second-order valence-corrected chi connectivity index (χ2v) is 5.88. The number of nitrogens with two attached hydrogens (primary N) is 1. The van der Waals surface area contributed by atoms with E-state index in [1.165, 1.54) is 4.88 Å². The van der Waals surface area contributed by atoms with Crippen LogP contribution in [0.25, 0.3) is 0 Å². The van der Waals surface area contributed by atoms with Gasteiger partial charge in [0.15, 0.2) is 11.5 Å². The van der Waals surface area contributed by atoms with E-state index >= 15 is 0 Å². The molecule has 0 aliphatic heterocycles. The molecule has 0 aliphatic carbocycles. The number of methoxy groups -OCH3 is 1. The Hall–Kier alpha value is -1.04. The van der Waals surface area contributed by atoms with Crippen LogP contribution in [0, 0.1) is 0 Å². The van der Waals surface area contributed by atoms with Crippen molar-refractivity contribution < 1.29 is 9.47 Å². The van der Waals surface area contributed by atoms with Crippen molar-refractivity contribution in [2.24, 2.45) is 5.73 Å². The normalized spacial score (nSPS) is 10.5. The molecule has 19 heavy (non-hydrogen) atoms. The van der Waals surface area contributed by atoms with Gasteiger partial charge in [-0.25, -0.2) is 0 Å². The van der Waals surface area contributed by atoms with Crippen LogP contribution >= 0.6 is 27.3 Å². The van der Waals surface area contributed by atoms with Crippen molar-refractivity contribution in [3.05, 3.63) is 44.6 Å². The third-order valence-electron chi connectivity index (χ3n) is 2.70. The Balaban J connectivity index is 2.06. The third-order valence-corrected chi connectivity index (χ3v) is 4.23. The molecule has 0 atom stereocenters. The highest BCUT2D eigenvalue weighted by atomic mass is 79.9. The highest BCUT2D eigenvalue weighted by Crippen LogP contribution is 2.36. The maximum atomic E-state index is 5.83. The minimum Gasteiger partial charge on any atom is -0.493 e. The van der Waals surface area contributed by atoms with Crippen molar-refractivity contribution >= 4 is 27.3 Å². The zero-order valence-corrected chi connectivity index (χ0v) is 13.1. The number of hydrogen-bond donors (Lipinski definition) is 1. The van der Waals surface area contributed by atoms with Crippen LogP contribution in [-0.4, -0.2) is 13.7 Å². The topological polar surface area (TPSA) is 44.5 Å². The van der Waals surface area contributed by atoms with Crippen LogP contribution in [0.1, 0.15) is 10.4 Å². The van der Waals surface area contributed by atoms with E-state index in [4.69, 9.17) is 15.2 Å². The van der Waals surface area contributed by atoms with Crippen molar-refractivity contribution in [3.8, 4) is 11.5 Å². The van der Waals surface area contributed by atoms with E-state index in [0.29, 0.717) is 18.9 Å². The van der Waals surface area contributed by atoms with Gasteiger partial charge in [-0.1, -0.05) is 6.07 Å². The summed E-state index contributed by atoms with van der Waals surface area (Å²) in [6.45, 7) is 1.10. The van der Waals surface area contributed by atoms with Crippen molar-refractivity contribution in [1.82, 2.24) is 0 Å². The summed E-state index contributed by atoms with van der Waals surface area (Å²) in [5.41, 5.74) is 6.65. The lowest BCUT2D eigenvalue weighted by Crippen LogP contribution is -2.04. The van der Waals surface area contributed by atoms with Gasteiger partial charge >= 0.3 is 0 Å². The number of halogens is 1. The average molecular weight is 342 g/mol. The van der Waals surface area contributed by atoms with Gasteiger partial charge in [0, 0.05) is 17.8 Å². The van der Waals surface area contributed by atoms with Gasteiger partial charge in [-0.15, -0.1) is 11.3 Å². The quantitative estimate of drug-likeness (QED) is 0.872. The lowest BCUT2D eigenvalue weighted by Gasteiger charge is -2.13. The molecule has 5 heteroatoms. The molecular formula is C14H16BrNO2S. The molecule has 0 unspecified atom stereocenters. The first kappa shape index (κ1) is 14.4. The fraction of sp³-hybridized carbons (Fsp3) is 0.286. The Morgan fingerprint density at radius 3 is 2.84 bits per heavy atom. The monoisotopic (exact) mass is 341 g/mol. The van der Waals surface area contributed by atoms with Gasteiger partial charge in [0.2, 0.25) is 0 Å². The van der Waals surface area contributed by atoms with E-state index in [1.54, 1.807) is 18.4 Å². The Labute approximate surface area is 125 Å². The number of rotatable bonds is 6. The highest BCUT2D eigenvalue weighted by molar-refractivity contribution is 9.10. The average Bonchev–Trinajstić information content (AvgIpc) is 2.93. The van der Waals surface area contributed by atoms with E-state index in [2.05, 4.69) is 27.4 Å². The van der Waals surface area contributed by atoms with Crippen molar-refractivity contribution in [2.75, 3.05) is 13.7 Å². The van der Waals surface area contributed by atoms with Crippen LogP contribution in [0.15, 0.2) is 34.1 Å². The summed E-state index contributed by atoms with van der Waals surface area (Å²) >= 11 is 5.24. The number of thiophene rings is 1. The standard InChI is InChI=1S/C14H16BrNO2S/c1-17-13-8-10(9-16)7-12(15)14(13)18-5-4-11-3-2-6-19-11/h2-3,6-8H,4-5,9,16H2,1H3. The molecule has 1 heterocycles. The molecule has 2 N–H and O–H groups in total. The summed E-state index contributed by atoms with van der Waals surface area (Å²) in [6.07, 6.45) is 0.895. The second-order valence-electron chi connectivity index (χ2n) is 3.99. The summed E-state index contributed by atoms with van der Waals surface area (Å²) in [4.78, 5) is 1.31. The molecule has 0 fully saturated rings. The highest BCUT2D eigenvalue weighted by Gasteiger charge is 2.11. The lowest BCUT2D eigenvalue weighted by molar-refractivity contribution is 0.296. The zero-order valence-electron chi connectivity index (χ0n) is 10.7. The summed E-state index contributed by atoms with van der Waals surface area (Å²) in [6, 6.07) is 8.03. The molecule has 102 valence electrons. The fourth-order valence-corrected chi connectivity index (χ4v) is 3.03. The minimum absolute atomic E-state index is 0.477. The SMILES string of the molecule is COc1cc(CN)cc(Br)c1OCCc1cccs1. The van der Waals surface area contributed by atoms with Crippen molar-refractivity contribution in [1.29, 1.82) is 0 Å². The zero-order chi connectivity index (χ0) is 13.7. The molecule has 0 aliphatic rings. The first-order valence-electron chi connectivity index (χ1n) is 5.96. The van der Waals surface area contributed by atoms with E-state index in [1.807, 2.05) is 18.2 Å². The molecule has 0 saturated heterocycles. The molecule has 1 aromatic carbocycles. The first-order chi connectivity index (χ1) is 9.24. The smallest absolute Gasteiger partial charge is 0.175 e. The number of hydrogen-bond acceptors (Lipinski definition) is 4. The lowest BCUT2D eigenvalue weighted by atomic mass is 10.2. The van der Waals surface area contributed by atoms with Gasteiger partial charge in [0.05, 0.1) is 18.2 Å². The van der Waals surface area contributed by atoms with Gasteiger partial charge < -0.3 is 15.2 Å². The summed E-state index contributed by atoms with van der Waals surface area (Å²) in [5.74, 6) is 1.44. The largest absolute Gasteiger partial charge is 0.493 e. The van der Waals surface area contributed by atoms with Gasteiger partial charge in [-0.05, 0) is 45.1 Å². The molecular weight excluding hydrogens is 326 g/mol. The van der Waals surface area contributed by atoms with E-state index in [-0.39, 0.29) is 0 Å². The van der Waals surface area contributed by atoms with Crippen LogP contribution in [0.3, 0.4) is 0 Å². The second kappa shape index (κ2) is 6.93. The van der Waals surface area contributed by atoms with Crippen molar-refractivity contribution in [2.45, 2.75) is 13.0 Å². The third kappa shape index (κ3) is 3.72. The maximum Gasteiger partial charge on any atom is 0.175 e. The van der Waals surface area contributed by atoms with Crippen LogP contribution in [0.4, 0.5) is 0 Å².